The molecule has 1 aromatic carbocycles. The lowest BCUT2D eigenvalue weighted by Gasteiger charge is -2.15. The maximum Gasteiger partial charge on any atom is 0.305 e. The Hall–Kier alpha value is -2.06. The quantitative estimate of drug-likeness (QED) is 0.485. The number of carbonyl (C=O) groups is 1. The third-order valence-electron chi connectivity index (χ3n) is 3.36. The molecule has 0 saturated heterocycles. The second kappa shape index (κ2) is 9.43. The smallest absolute Gasteiger partial charge is 0.305 e. The standard InChI is InChI=1S/C17H20BrN3O3S/c1-3-11(2)19-17(25)21-20-16(22)15-9-8-14(24-15)10-23-13-6-4-12(18)5-7-13/h4-9,11H,3,10H2,1-2H3,(H,20,22)(H2,19,21,25). The van der Waals surface area contributed by atoms with E-state index in [2.05, 4.69) is 32.1 Å². The van der Waals surface area contributed by atoms with E-state index in [4.69, 9.17) is 21.4 Å². The highest BCUT2D eigenvalue weighted by Gasteiger charge is 2.12. The number of hydrogen-bond donors (Lipinski definition) is 3. The van der Waals surface area contributed by atoms with Gasteiger partial charge in [0, 0.05) is 10.5 Å². The Balaban J connectivity index is 1.80. The first-order valence-corrected chi connectivity index (χ1v) is 9.02. The summed E-state index contributed by atoms with van der Waals surface area (Å²) in [4.78, 5) is 12.0. The molecule has 0 radical (unpaired) electrons. The highest BCUT2D eigenvalue weighted by Crippen LogP contribution is 2.18. The van der Waals surface area contributed by atoms with E-state index in [-0.39, 0.29) is 18.4 Å². The van der Waals surface area contributed by atoms with Crippen LogP contribution in [-0.4, -0.2) is 17.1 Å². The topological polar surface area (TPSA) is 75.5 Å². The molecule has 1 unspecified atom stereocenters. The van der Waals surface area contributed by atoms with E-state index >= 15 is 0 Å². The molecule has 1 aromatic heterocycles. The molecular weight excluding hydrogens is 406 g/mol. The van der Waals surface area contributed by atoms with Crippen LogP contribution in [-0.2, 0) is 6.61 Å². The van der Waals surface area contributed by atoms with Crippen molar-refractivity contribution < 1.29 is 13.9 Å². The minimum Gasteiger partial charge on any atom is -0.486 e. The van der Waals surface area contributed by atoms with Gasteiger partial charge in [0.15, 0.2) is 10.9 Å². The molecule has 2 rings (SSSR count). The molecule has 1 amide bonds. The molecule has 0 saturated carbocycles. The number of amides is 1. The summed E-state index contributed by atoms with van der Waals surface area (Å²) in [5, 5.41) is 3.39. The number of benzene rings is 1. The summed E-state index contributed by atoms with van der Waals surface area (Å²) in [6.45, 7) is 4.27. The van der Waals surface area contributed by atoms with Crippen molar-refractivity contribution in [2.75, 3.05) is 0 Å². The van der Waals surface area contributed by atoms with Gasteiger partial charge in [0.1, 0.15) is 18.1 Å². The number of halogens is 1. The summed E-state index contributed by atoms with van der Waals surface area (Å²) in [7, 11) is 0. The van der Waals surface area contributed by atoms with Crippen LogP contribution in [0.4, 0.5) is 0 Å². The average Bonchev–Trinajstić information content (AvgIpc) is 3.08. The zero-order valence-corrected chi connectivity index (χ0v) is 16.4. The minimum atomic E-state index is -0.414. The first kappa shape index (κ1) is 19.3. The maximum absolute atomic E-state index is 12.0. The van der Waals surface area contributed by atoms with Crippen molar-refractivity contribution in [3.63, 3.8) is 0 Å². The summed E-state index contributed by atoms with van der Waals surface area (Å²) in [5.41, 5.74) is 5.13. The largest absolute Gasteiger partial charge is 0.486 e. The molecule has 0 aliphatic heterocycles. The Morgan fingerprint density at radius 1 is 1.24 bits per heavy atom. The highest BCUT2D eigenvalue weighted by atomic mass is 79.9. The van der Waals surface area contributed by atoms with Crippen LogP contribution in [0.5, 0.6) is 5.75 Å². The van der Waals surface area contributed by atoms with Crippen LogP contribution in [0.1, 0.15) is 36.6 Å². The molecule has 1 heterocycles. The third-order valence-corrected chi connectivity index (χ3v) is 4.11. The van der Waals surface area contributed by atoms with E-state index in [9.17, 15) is 4.79 Å². The van der Waals surface area contributed by atoms with Gasteiger partial charge in [0.05, 0.1) is 0 Å². The van der Waals surface area contributed by atoms with E-state index in [0.717, 1.165) is 10.9 Å². The number of hydrazine groups is 1. The Bertz CT molecular complexity index is 718. The first-order chi connectivity index (χ1) is 12.0. The van der Waals surface area contributed by atoms with Crippen molar-refractivity contribution in [3.05, 3.63) is 52.4 Å². The first-order valence-electron chi connectivity index (χ1n) is 7.82. The molecule has 0 fully saturated rings. The number of nitrogens with one attached hydrogen (secondary N) is 3. The van der Waals surface area contributed by atoms with Crippen molar-refractivity contribution >= 4 is 39.2 Å². The molecule has 0 spiro atoms. The summed E-state index contributed by atoms with van der Waals surface area (Å²) in [5.74, 6) is 1.03. The number of furan rings is 1. The summed E-state index contributed by atoms with van der Waals surface area (Å²) >= 11 is 8.45. The van der Waals surface area contributed by atoms with Gasteiger partial charge in [-0.1, -0.05) is 22.9 Å². The normalized spacial score (nSPS) is 11.5. The average molecular weight is 426 g/mol. The van der Waals surface area contributed by atoms with Crippen molar-refractivity contribution in [1.82, 2.24) is 16.2 Å². The van der Waals surface area contributed by atoms with Gasteiger partial charge < -0.3 is 14.5 Å². The lowest BCUT2D eigenvalue weighted by molar-refractivity contribution is 0.0911. The van der Waals surface area contributed by atoms with Gasteiger partial charge in [-0.3, -0.25) is 15.6 Å². The molecule has 0 bridgehead atoms. The lowest BCUT2D eigenvalue weighted by Crippen LogP contribution is -2.48. The van der Waals surface area contributed by atoms with E-state index in [0.29, 0.717) is 16.6 Å². The molecule has 25 heavy (non-hydrogen) atoms. The predicted octanol–water partition coefficient (Wildman–Crippen LogP) is 3.53. The van der Waals surface area contributed by atoms with Crippen LogP contribution in [0.15, 0.2) is 45.3 Å². The van der Waals surface area contributed by atoms with E-state index < -0.39 is 5.91 Å². The molecule has 0 aliphatic carbocycles. The molecule has 1 atom stereocenters. The fourth-order valence-electron chi connectivity index (χ4n) is 1.80. The van der Waals surface area contributed by atoms with Crippen LogP contribution in [0.25, 0.3) is 0 Å². The van der Waals surface area contributed by atoms with Crippen LogP contribution < -0.4 is 20.9 Å². The summed E-state index contributed by atoms with van der Waals surface area (Å²) < 4.78 is 12.1. The van der Waals surface area contributed by atoms with Gasteiger partial charge in [-0.25, -0.2) is 0 Å². The molecule has 134 valence electrons. The SMILES string of the molecule is CCC(C)NC(=S)NNC(=O)c1ccc(COc2ccc(Br)cc2)o1. The van der Waals surface area contributed by atoms with Gasteiger partial charge in [-0.15, -0.1) is 0 Å². The van der Waals surface area contributed by atoms with Crippen LogP contribution in [0.2, 0.25) is 0 Å². The molecular formula is C17H20BrN3O3S. The van der Waals surface area contributed by atoms with Gasteiger partial charge in [0.2, 0.25) is 0 Å². The van der Waals surface area contributed by atoms with E-state index in [1.165, 1.54) is 0 Å². The third kappa shape index (κ3) is 6.39. The summed E-state index contributed by atoms with van der Waals surface area (Å²) in [6, 6.07) is 11.0. The van der Waals surface area contributed by atoms with Gasteiger partial charge in [-0.05, 0) is 62.0 Å². The van der Waals surface area contributed by atoms with Gasteiger partial charge >= 0.3 is 5.91 Å². The number of thiocarbonyl (C=S) groups is 1. The molecule has 6 nitrogen and oxygen atoms in total. The van der Waals surface area contributed by atoms with Crippen LogP contribution in [0.3, 0.4) is 0 Å². The lowest BCUT2D eigenvalue weighted by atomic mass is 10.3. The fraction of sp³-hybridized carbons (Fsp3) is 0.294. The van der Waals surface area contributed by atoms with E-state index in [1.54, 1.807) is 12.1 Å². The Morgan fingerprint density at radius 3 is 2.64 bits per heavy atom. The number of carbonyl (C=O) groups excluding carboxylic acids is 1. The Labute approximate surface area is 160 Å². The Kier molecular flexibility index (Phi) is 7.27. The zero-order chi connectivity index (χ0) is 18.2. The highest BCUT2D eigenvalue weighted by molar-refractivity contribution is 9.10. The predicted molar refractivity (Wildman–Crippen MR) is 103 cm³/mol. The molecule has 2 aromatic rings. The Morgan fingerprint density at radius 2 is 1.96 bits per heavy atom. The minimum absolute atomic E-state index is 0.174. The second-order valence-electron chi connectivity index (χ2n) is 5.37. The van der Waals surface area contributed by atoms with Crippen molar-refractivity contribution in [2.45, 2.75) is 32.9 Å². The number of hydrogen-bond acceptors (Lipinski definition) is 4. The fourth-order valence-corrected chi connectivity index (χ4v) is 2.32. The van der Waals surface area contributed by atoms with Crippen LogP contribution >= 0.6 is 28.1 Å². The summed E-state index contributed by atoms with van der Waals surface area (Å²) in [6.07, 6.45) is 0.926. The number of rotatable bonds is 6. The maximum atomic E-state index is 12.0. The van der Waals surface area contributed by atoms with Crippen molar-refractivity contribution in [1.29, 1.82) is 0 Å². The molecule has 0 aliphatic rings. The molecule has 8 heteroatoms. The van der Waals surface area contributed by atoms with Gasteiger partial charge in [-0.2, -0.15) is 0 Å². The van der Waals surface area contributed by atoms with Crippen LogP contribution in [0, 0.1) is 0 Å². The second-order valence-corrected chi connectivity index (χ2v) is 6.69. The van der Waals surface area contributed by atoms with Crippen molar-refractivity contribution in [2.24, 2.45) is 0 Å². The van der Waals surface area contributed by atoms with Crippen molar-refractivity contribution in [3.8, 4) is 5.75 Å². The van der Waals surface area contributed by atoms with E-state index in [1.807, 2.05) is 38.1 Å². The monoisotopic (exact) mass is 425 g/mol. The van der Waals surface area contributed by atoms with Gasteiger partial charge in [0.25, 0.3) is 0 Å². The number of ether oxygens (including phenoxy) is 1. The zero-order valence-electron chi connectivity index (χ0n) is 14.0. The molecule has 3 N–H and O–H groups in total.